The van der Waals surface area contributed by atoms with Crippen molar-refractivity contribution >= 4 is 6.21 Å². The van der Waals surface area contributed by atoms with E-state index in [2.05, 4.69) is 6.21 Å². The van der Waals surface area contributed by atoms with Crippen molar-refractivity contribution < 1.29 is 0 Å². The smallest absolute Gasteiger partial charge is 0.0799 e. The summed E-state index contributed by atoms with van der Waals surface area (Å²) in [6.45, 7) is 0. The molecule has 0 aromatic heterocycles. The fourth-order valence-corrected chi connectivity index (χ4v) is 0.521. The van der Waals surface area contributed by atoms with Gasteiger partial charge in [-0.15, -0.1) is 12.1 Å². The summed E-state index contributed by atoms with van der Waals surface area (Å²) in [6.07, 6.45) is 2.28. The predicted octanol–water partition coefficient (Wildman–Crippen LogP) is 1.56. The molecule has 0 unspecified atom stereocenters. The fraction of sp³-hybridized carbons (Fsp3) is 0. The van der Waals surface area contributed by atoms with Crippen molar-refractivity contribution in [2.75, 3.05) is 0 Å². The Morgan fingerprint density at radius 2 is 1.75 bits per heavy atom. The quantitative estimate of drug-likeness (QED) is 0.413. The van der Waals surface area contributed by atoms with Gasteiger partial charge in [-0.1, -0.05) is 12.3 Å². The molecule has 1 aromatic rings. The third kappa shape index (κ3) is 0.936. The van der Waals surface area contributed by atoms with Gasteiger partial charge in [0.2, 0.25) is 0 Å². The molecule has 0 fully saturated rings. The fourth-order valence-electron chi connectivity index (χ4n) is 0.521. The molecule has 0 saturated heterocycles. The first-order chi connectivity index (χ1) is 3.93. The Bertz CT molecular complexity index is 167. The van der Waals surface area contributed by atoms with Crippen LogP contribution < -0.4 is 0 Å². The number of benzene rings is 1. The van der Waals surface area contributed by atoms with Gasteiger partial charge in [0.1, 0.15) is 0 Å². The zero-order chi connectivity index (χ0) is 5.82. The lowest BCUT2D eigenvalue weighted by Crippen LogP contribution is -1.73. The summed E-state index contributed by atoms with van der Waals surface area (Å²) in [5.41, 5.74) is 0.826. The maximum atomic E-state index is 6.69. The third-order valence-electron chi connectivity index (χ3n) is 0.918. The van der Waals surface area contributed by atoms with Crippen LogP contribution in [0.4, 0.5) is 0 Å². The summed E-state index contributed by atoms with van der Waals surface area (Å²) in [5.74, 6) is 0. The topological polar surface area (TPSA) is 23.9 Å². The molecule has 0 aliphatic rings. The number of hydrogen-bond acceptors (Lipinski definition) is 1. The summed E-state index contributed by atoms with van der Waals surface area (Å²) >= 11 is 0. The molecule has 0 atom stereocenters. The minimum atomic E-state index is 0.826. The second-order valence-electron chi connectivity index (χ2n) is 1.49. The van der Waals surface area contributed by atoms with Gasteiger partial charge in [0.15, 0.2) is 0 Å². The van der Waals surface area contributed by atoms with Crippen LogP contribution in [-0.2, 0) is 0 Å². The van der Waals surface area contributed by atoms with Crippen LogP contribution in [0.5, 0.6) is 0 Å². The summed E-state index contributed by atoms with van der Waals surface area (Å²) in [6, 6.07) is 9.37. The van der Waals surface area contributed by atoms with Crippen LogP contribution in [0, 0.1) is 5.41 Å². The normalized spacial score (nSPS) is 8.50. The molecule has 0 heterocycles. The molecule has 1 N–H and O–H groups in total. The zero-order valence-corrected chi connectivity index (χ0v) is 4.39. The van der Waals surface area contributed by atoms with Gasteiger partial charge in [0.05, 0.1) is 0 Å². The van der Waals surface area contributed by atoms with E-state index in [1.165, 1.54) is 0 Å². The van der Waals surface area contributed by atoms with Gasteiger partial charge >= 0.3 is 0 Å². The first kappa shape index (κ1) is 5.04. The SMILES string of the molecule is N=[C-]c1ccccc1. The van der Waals surface area contributed by atoms with Crippen LogP contribution in [0.3, 0.4) is 0 Å². The van der Waals surface area contributed by atoms with E-state index in [0.717, 1.165) is 5.56 Å². The molecule has 0 aliphatic carbocycles. The molecule has 0 radical (unpaired) electrons. The molecular weight excluding hydrogens is 98.1 g/mol. The molecule has 40 valence electrons. The molecule has 8 heavy (non-hydrogen) atoms. The molecule has 1 rings (SSSR count). The number of rotatable bonds is 1. The van der Waals surface area contributed by atoms with E-state index in [9.17, 15) is 0 Å². The molecule has 0 saturated carbocycles. The maximum Gasteiger partial charge on any atom is -0.0799 e. The van der Waals surface area contributed by atoms with Gasteiger partial charge in [-0.05, 0) is 0 Å². The van der Waals surface area contributed by atoms with Crippen LogP contribution in [0.15, 0.2) is 30.3 Å². The monoisotopic (exact) mass is 104 g/mol. The average Bonchev–Trinajstić information content (AvgIpc) is 1.90. The Balaban J connectivity index is 2.99. The van der Waals surface area contributed by atoms with Crippen molar-refractivity contribution in [2.24, 2.45) is 0 Å². The average molecular weight is 104 g/mol. The van der Waals surface area contributed by atoms with Gasteiger partial charge in [-0.3, -0.25) is 0 Å². The van der Waals surface area contributed by atoms with Crippen LogP contribution in [0.2, 0.25) is 0 Å². The Hall–Kier alpha value is -1.11. The highest BCUT2D eigenvalue weighted by atomic mass is 14.3. The molecular formula is C7H6N-. The molecule has 1 aromatic carbocycles. The lowest BCUT2D eigenvalue weighted by atomic mass is 10.2. The van der Waals surface area contributed by atoms with Crippen molar-refractivity contribution in [2.45, 2.75) is 0 Å². The van der Waals surface area contributed by atoms with Gasteiger partial charge in [-0.25, -0.2) is 0 Å². The summed E-state index contributed by atoms with van der Waals surface area (Å²) in [7, 11) is 0. The summed E-state index contributed by atoms with van der Waals surface area (Å²) < 4.78 is 0. The lowest BCUT2D eigenvalue weighted by molar-refractivity contribution is 1.54. The van der Waals surface area contributed by atoms with Crippen LogP contribution >= 0.6 is 0 Å². The highest BCUT2D eigenvalue weighted by Crippen LogP contribution is 1.91. The standard InChI is InChI=1S/C7H6N/c8-6-7-4-2-1-3-5-7/h1-5,8H/q-1. The minimum absolute atomic E-state index is 0.826. The first-order valence-corrected chi connectivity index (χ1v) is 2.41. The third-order valence-corrected chi connectivity index (χ3v) is 0.918. The predicted molar refractivity (Wildman–Crippen MR) is 33.3 cm³/mol. The van der Waals surface area contributed by atoms with E-state index in [-0.39, 0.29) is 0 Å². The second-order valence-corrected chi connectivity index (χ2v) is 1.49. The van der Waals surface area contributed by atoms with E-state index in [1.54, 1.807) is 0 Å². The summed E-state index contributed by atoms with van der Waals surface area (Å²) in [4.78, 5) is 0. The first-order valence-electron chi connectivity index (χ1n) is 2.41. The van der Waals surface area contributed by atoms with E-state index in [1.807, 2.05) is 30.3 Å². The highest BCUT2D eigenvalue weighted by molar-refractivity contribution is 5.76. The summed E-state index contributed by atoms with van der Waals surface area (Å²) in [5, 5.41) is 6.69. The van der Waals surface area contributed by atoms with Crippen molar-refractivity contribution in [3.05, 3.63) is 35.9 Å². The van der Waals surface area contributed by atoms with Crippen molar-refractivity contribution in [3.8, 4) is 0 Å². The van der Waals surface area contributed by atoms with Gasteiger partial charge < -0.3 is 5.41 Å². The molecule has 0 aliphatic heterocycles. The number of hydrogen-bond donors (Lipinski definition) is 1. The van der Waals surface area contributed by atoms with E-state index < -0.39 is 0 Å². The maximum absolute atomic E-state index is 6.69. The Morgan fingerprint density at radius 1 is 1.12 bits per heavy atom. The zero-order valence-electron chi connectivity index (χ0n) is 4.39. The Kier molecular flexibility index (Phi) is 1.42. The van der Waals surface area contributed by atoms with Crippen LogP contribution in [0.1, 0.15) is 5.56 Å². The Labute approximate surface area is 48.5 Å². The lowest BCUT2D eigenvalue weighted by Gasteiger charge is -1.95. The van der Waals surface area contributed by atoms with E-state index >= 15 is 0 Å². The molecule has 0 bridgehead atoms. The Morgan fingerprint density at radius 3 is 2.12 bits per heavy atom. The molecule has 0 spiro atoms. The van der Waals surface area contributed by atoms with Gasteiger partial charge in [-0.2, -0.15) is 17.7 Å². The minimum Gasteiger partial charge on any atom is -0.376 e. The number of nitrogens with one attached hydrogen (secondary N) is 1. The van der Waals surface area contributed by atoms with Crippen LogP contribution in [0.25, 0.3) is 0 Å². The van der Waals surface area contributed by atoms with E-state index in [4.69, 9.17) is 5.41 Å². The van der Waals surface area contributed by atoms with Crippen molar-refractivity contribution in [3.63, 3.8) is 0 Å². The van der Waals surface area contributed by atoms with Gasteiger partial charge in [0.25, 0.3) is 0 Å². The van der Waals surface area contributed by atoms with Crippen molar-refractivity contribution in [1.82, 2.24) is 0 Å². The van der Waals surface area contributed by atoms with Gasteiger partial charge in [0, 0.05) is 0 Å². The molecule has 0 amide bonds. The van der Waals surface area contributed by atoms with E-state index in [0.29, 0.717) is 0 Å². The largest absolute Gasteiger partial charge is 0.376 e. The van der Waals surface area contributed by atoms with Crippen molar-refractivity contribution in [1.29, 1.82) is 5.41 Å². The molecule has 1 nitrogen and oxygen atoms in total. The highest BCUT2D eigenvalue weighted by Gasteiger charge is 1.66. The second kappa shape index (κ2) is 2.26. The van der Waals surface area contributed by atoms with Crippen LogP contribution in [-0.4, -0.2) is 6.21 Å². The molecule has 1 heteroatoms.